The van der Waals surface area contributed by atoms with Gasteiger partial charge in [0.15, 0.2) is 5.78 Å². The lowest BCUT2D eigenvalue weighted by atomic mass is 9.99. The summed E-state index contributed by atoms with van der Waals surface area (Å²) in [6.07, 6.45) is 0. The molecule has 2 aromatic carbocycles. The molecule has 20 heavy (non-hydrogen) atoms. The summed E-state index contributed by atoms with van der Waals surface area (Å²) in [6.45, 7) is 6.16. The van der Waals surface area contributed by atoms with E-state index < -0.39 is 0 Å². The van der Waals surface area contributed by atoms with Gasteiger partial charge in [-0.15, -0.1) is 11.8 Å². The molecular weight excluding hydrogens is 264 g/mol. The second-order valence-corrected chi connectivity index (χ2v) is 6.14. The minimum atomic E-state index is 0.228. The van der Waals surface area contributed by atoms with Crippen LogP contribution in [0.5, 0.6) is 0 Å². The first-order valence-electron chi connectivity index (χ1n) is 6.80. The molecule has 0 spiro atoms. The minimum absolute atomic E-state index is 0.228. The van der Waals surface area contributed by atoms with Crippen molar-refractivity contribution >= 4 is 17.5 Å². The van der Waals surface area contributed by atoms with Gasteiger partial charge in [-0.2, -0.15) is 0 Å². The van der Waals surface area contributed by atoms with Crippen molar-refractivity contribution < 1.29 is 4.79 Å². The van der Waals surface area contributed by atoms with E-state index in [2.05, 4.69) is 32.0 Å². The van der Waals surface area contributed by atoms with Crippen LogP contribution >= 0.6 is 11.8 Å². The van der Waals surface area contributed by atoms with E-state index in [0.29, 0.717) is 5.75 Å². The van der Waals surface area contributed by atoms with Crippen molar-refractivity contribution in [2.45, 2.75) is 26.5 Å². The Kier molecular flexibility index (Phi) is 5.02. The van der Waals surface area contributed by atoms with Gasteiger partial charge in [-0.1, -0.05) is 36.4 Å². The Hall–Kier alpha value is -1.54. The molecule has 0 saturated heterocycles. The average molecular weight is 284 g/mol. The van der Waals surface area contributed by atoms with E-state index in [1.165, 1.54) is 16.7 Å². The van der Waals surface area contributed by atoms with E-state index in [0.717, 1.165) is 16.9 Å². The van der Waals surface area contributed by atoms with Crippen LogP contribution in [-0.4, -0.2) is 11.5 Å². The van der Waals surface area contributed by atoms with Gasteiger partial charge >= 0.3 is 0 Å². The predicted octanol–water partition coefficient (Wildman–Crippen LogP) is 4.73. The third-order valence-electron chi connectivity index (χ3n) is 3.49. The van der Waals surface area contributed by atoms with Crippen LogP contribution in [0.3, 0.4) is 0 Å². The average Bonchev–Trinajstić information content (AvgIpc) is 2.44. The van der Waals surface area contributed by atoms with E-state index in [9.17, 15) is 4.79 Å². The van der Waals surface area contributed by atoms with Gasteiger partial charge in [-0.05, 0) is 49.1 Å². The lowest BCUT2D eigenvalue weighted by molar-refractivity contribution is 0.102. The number of hydrogen-bond acceptors (Lipinski definition) is 2. The first kappa shape index (κ1) is 14.9. The van der Waals surface area contributed by atoms with Crippen LogP contribution in [0.1, 0.15) is 32.6 Å². The number of carbonyl (C=O) groups excluding carboxylic acids is 1. The molecule has 0 atom stereocenters. The third-order valence-corrected chi connectivity index (χ3v) is 4.49. The van der Waals surface area contributed by atoms with Gasteiger partial charge in [0.25, 0.3) is 0 Å². The SMILES string of the molecule is Cc1cc(C)c(C(=O)CSCc2ccccc2)cc1C. The predicted molar refractivity (Wildman–Crippen MR) is 87.6 cm³/mol. The molecule has 0 aliphatic carbocycles. The molecule has 0 N–H and O–H groups in total. The molecule has 0 amide bonds. The molecule has 0 aliphatic heterocycles. The highest BCUT2D eigenvalue weighted by Crippen LogP contribution is 2.19. The Balaban J connectivity index is 1.97. The summed E-state index contributed by atoms with van der Waals surface area (Å²) in [5, 5.41) is 0. The first-order chi connectivity index (χ1) is 9.58. The van der Waals surface area contributed by atoms with Gasteiger partial charge in [-0.3, -0.25) is 4.79 Å². The van der Waals surface area contributed by atoms with Gasteiger partial charge in [0.1, 0.15) is 0 Å². The van der Waals surface area contributed by atoms with Crippen molar-refractivity contribution in [3.05, 3.63) is 70.3 Å². The smallest absolute Gasteiger partial charge is 0.173 e. The molecule has 104 valence electrons. The highest BCUT2D eigenvalue weighted by molar-refractivity contribution is 7.99. The summed E-state index contributed by atoms with van der Waals surface area (Å²) in [4.78, 5) is 12.3. The van der Waals surface area contributed by atoms with Gasteiger partial charge in [0, 0.05) is 11.3 Å². The number of hydrogen-bond donors (Lipinski definition) is 0. The van der Waals surface area contributed by atoms with Crippen molar-refractivity contribution in [3.63, 3.8) is 0 Å². The van der Waals surface area contributed by atoms with Gasteiger partial charge < -0.3 is 0 Å². The van der Waals surface area contributed by atoms with Crippen LogP contribution in [0.25, 0.3) is 0 Å². The van der Waals surface area contributed by atoms with Gasteiger partial charge in [0.05, 0.1) is 5.75 Å². The Labute approximate surface area is 125 Å². The maximum absolute atomic E-state index is 12.3. The Morgan fingerprint density at radius 3 is 2.30 bits per heavy atom. The summed E-state index contributed by atoms with van der Waals surface area (Å²) in [5.74, 6) is 1.65. The molecule has 2 aromatic rings. The second-order valence-electron chi connectivity index (χ2n) is 5.15. The minimum Gasteiger partial charge on any atom is -0.293 e. The quantitative estimate of drug-likeness (QED) is 0.738. The van der Waals surface area contributed by atoms with Gasteiger partial charge in [0.2, 0.25) is 0 Å². The zero-order chi connectivity index (χ0) is 14.5. The van der Waals surface area contributed by atoms with E-state index in [-0.39, 0.29) is 5.78 Å². The first-order valence-corrected chi connectivity index (χ1v) is 7.96. The van der Waals surface area contributed by atoms with Crippen molar-refractivity contribution in [1.82, 2.24) is 0 Å². The van der Waals surface area contributed by atoms with Crippen molar-refractivity contribution in [1.29, 1.82) is 0 Å². The van der Waals surface area contributed by atoms with Crippen LogP contribution in [-0.2, 0) is 5.75 Å². The molecule has 0 radical (unpaired) electrons. The maximum Gasteiger partial charge on any atom is 0.173 e. The fraction of sp³-hybridized carbons (Fsp3) is 0.278. The summed E-state index contributed by atoms with van der Waals surface area (Å²) in [7, 11) is 0. The summed E-state index contributed by atoms with van der Waals surface area (Å²) < 4.78 is 0. The fourth-order valence-corrected chi connectivity index (χ4v) is 3.05. The molecule has 1 nitrogen and oxygen atoms in total. The number of carbonyl (C=O) groups is 1. The Bertz CT molecular complexity index is 602. The molecule has 0 aromatic heterocycles. The summed E-state index contributed by atoms with van der Waals surface area (Å²) in [5.41, 5.74) is 5.65. The Morgan fingerprint density at radius 2 is 1.60 bits per heavy atom. The topological polar surface area (TPSA) is 17.1 Å². The number of benzene rings is 2. The third kappa shape index (κ3) is 3.73. The Morgan fingerprint density at radius 1 is 0.950 bits per heavy atom. The number of ketones is 1. The molecule has 0 fully saturated rings. The molecule has 0 bridgehead atoms. The van der Waals surface area contributed by atoms with Crippen LogP contribution < -0.4 is 0 Å². The molecule has 0 saturated carbocycles. The van der Waals surface area contributed by atoms with E-state index in [1.54, 1.807) is 11.8 Å². The molecule has 0 aliphatic rings. The molecule has 0 unspecified atom stereocenters. The standard InChI is InChI=1S/C18H20OS/c1-13-9-15(3)17(10-14(13)2)18(19)12-20-11-16-7-5-4-6-8-16/h4-10H,11-12H2,1-3H3. The van der Waals surface area contributed by atoms with Crippen LogP contribution in [0.2, 0.25) is 0 Å². The number of aryl methyl sites for hydroxylation is 3. The van der Waals surface area contributed by atoms with Crippen molar-refractivity contribution in [2.75, 3.05) is 5.75 Å². The van der Waals surface area contributed by atoms with Crippen molar-refractivity contribution in [3.8, 4) is 0 Å². The number of rotatable bonds is 5. The summed E-state index contributed by atoms with van der Waals surface area (Å²) in [6, 6.07) is 14.4. The van der Waals surface area contributed by atoms with Crippen molar-refractivity contribution in [2.24, 2.45) is 0 Å². The largest absolute Gasteiger partial charge is 0.293 e. The molecule has 2 heteroatoms. The second kappa shape index (κ2) is 6.76. The zero-order valence-corrected chi connectivity index (χ0v) is 13.1. The molecule has 0 heterocycles. The lowest BCUT2D eigenvalue weighted by Gasteiger charge is -2.09. The zero-order valence-electron chi connectivity index (χ0n) is 12.3. The van der Waals surface area contributed by atoms with Gasteiger partial charge in [-0.25, -0.2) is 0 Å². The van der Waals surface area contributed by atoms with E-state index >= 15 is 0 Å². The van der Waals surface area contributed by atoms with Crippen LogP contribution in [0.4, 0.5) is 0 Å². The molecule has 2 rings (SSSR count). The highest BCUT2D eigenvalue weighted by Gasteiger charge is 2.10. The summed E-state index contributed by atoms with van der Waals surface area (Å²) >= 11 is 1.68. The highest BCUT2D eigenvalue weighted by atomic mass is 32.2. The number of Topliss-reactive ketones (excluding diaryl/α,β-unsaturated/α-hetero) is 1. The maximum atomic E-state index is 12.3. The van der Waals surface area contributed by atoms with E-state index in [1.807, 2.05) is 31.2 Å². The fourth-order valence-electron chi connectivity index (χ4n) is 2.17. The van der Waals surface area contributed by atoms with Crippen LogP contribution in [0.15, 0.2) is 42.5 Å². The van der Waals surface area contributed by atoms with Crippen LogP contribution in [0, 0.1) is 20.8 Å². The normalized spacial score (nSPS) is 10.6. The monoisotopic (exact) mass is 284 g/mol. The molecular formula is C18H20OS. The van der Waals surface area contributed by atoms with E-state index in [4.69, 9.17) is 0 Å². The lowest BCUT2D eigenvalue weighted by Crippen LogP contribution is -2.06. The number of thioether (sulfide) groups is 1.